The minimum Gasteiger partial charge on any atom is -0.489 e. The molecule has 0 unspecified atom stereocenters. The molecule has 5 aromatic rings. The molecule has 3 N–H and O–H groups in total. The number of aromatic nitrogens is 1. The maximum atomic E-state index is 14.2. The second-order valence-electron chi connectivity index (χ2n) is 15.7. The van der Waals surface area contributed by atoms with Crippen molar-refractivity contribution in [3.05, 3.63) is 140 Å². The lowest BCUT2D eigenvalue weighted by atomic mass is 9.89. The van der Waals surface area contributed by atoms with E-state index in [0.29, 0.717) is 46.9 Å². The van der Waals surface area contributed by atoms with Crippen molar-refractivity contribution in [2.24, 2.45) is 5.92 Å². The zero-order valence-electron chi connectivity index (χ0n) is 33.4. The van der Waals surface area contributed by atoms with E-state index in [1.807, 2.05) is 86.6 Å². The van der Waals surface area contributed by atoms with Crippen LogP contribution in [0.1, 0.15) is 58.0 Å². The molecule has 3 aliphatic heterocycles. The molecule has 4 heterocycles. The van der Waals surface area contributed by atoms with E-state index in [1.165, 1.54) is 0 Å². The van der Waals surface area contributed by atoms with E-state index >= 15 is 0 Å². The fraction of sp³-hybridized carbons (Fsp3) is 0.319. The van der Waals surface area contributed by atoms with Crippen LogP contribution in [0.5, 0.6) is 17.2 Å². The van der Waals surface area contributed by atoms with E-state index in [4.69, 9.17) is 37.4 Å². The number of carbonyl (C=O) groups is 3. The summed E-state index contributed by atoms with van der Waals surface area (Å²) in [5.41, 5.74) is 8.32. The van der Waals surface area contributed by atoms with E-state index in [9.17, 15) is 19.5 Å². The van der Waals surface area contributed by atoms with E-state index in [-0.39, 0.29) is 43.9 Å². The molecule has 0 radical (unpaired) electrons. The molecular weight excluding hydrogens is 803 g/mol. The molecule has 4 atom stereocenters. The first-order valence-electron chi connectivity index (χ1n) is 20.2. The average Bonchev–Trinajstić information content (AvgIpc) is 3.26. The first kappa shape index (κ1) is 41.1. The van der Waals surface area contributed by atoms with Crippen LogP contribution in [0.25, 0.3) is 11.1 Å². The molecule has 3 aliphatic rings. The Hall–Kier alpha value is -5.62. The number of aryl methyl sites for hydroxylation is 1. The summed E-state index contributed by atoms with van der Waals surface area (Å²) in [4.78, 5) is 47.0. The topological polar surface area (TPSA) is 139 Å². The van der Waals surface area contributed by atoms with Crippen molar-refractivity contribution in [2.75, 3.05) is 19.7 Å². The highest BCUT2D eigenvalue weighted by Crippen LogP contribution is 2.41. The van der Waals surface area contributed by atoms with Crippen LogP contribution in [0.4, 0.5) is 0 Å². The van der Waals surface area contributed by atoms with Crippen LogP contribution in [0.2, 0.25) is 10.0 Å². The number of nitrogens with one attached hydrogen (secondary N) is 2. The van der Waals surface area contributed by atoms with Gasteiger partial charge in [0.05, 0.1) is 16.0 Å². The summed E-state index contributed by atoms with van der Waals surface area (Å²) in [7, 11) is 0. The minimum absolute atomic E-state index is 0.0772. The van der Waals surface area contributed by atoms with Crippen molar-refractivity contribution in [3.63, 3.8) is 0 Å². The third-order valence-electron chi connectivity index (χ3n) is 11.7. The molecule has 0 bridgehead atoms. The molecule has 0 spiro atoms. The largest absolute Gasteiger partial charge is 0.489 e. The first-order chi connectivity index (χ1) is 29.0. The molecule has 1 saturated heterocycles. The number of amides is 2. The summed E-state index contributed by atoms with van der Waals surface area (Å²) in [5, 5.41) is 17.4. The number of pyridine rings is 1. The lowest BCUT2D eigenvalue weighted by molar-refractivity contribution is -0.147. The Balaban J connectivity index is 0.971. The van der Waals surface area contributed by atoms with Gasteiger partial charge in [-0.15, -0.1) is 0 Å². The molecule has 60 heavy (non-hydrogen) atoms. The van der Waals surface area contributed by atoms with Crippen molar-refractivity contribution in [1.29, 1.82) is 0 Å². The van der Waals surface area contributed by atoms with Crippen molar-refractivity contribution in [3.8, 4) is 28.4 Å². The number of hydrogen-bond acceptors (Lipinski definition) is 8. The van der Waals surface area contributed by atoms with Gasteiger partial charge in [-0.05, 0) is 120 Å². The lowest BCUT2D eigenvalue weighted by Gasteiger charge is -2.39. The van der Waals surface area contributed by atoms with Gasteiger partial charge in [-0.3, -0.25) is 14.6 Å². The predicted molar refractivity (Wildman–Crippen MR) is 229 cm³/mol. The van der Waals surface area contributed by atoms with E-state index in [2.05, 4.69) is 15.6 Å². The summed E-state index contributed by atoms with van der Waals surface area (Å²) in [6.45, 7) is 6.11. The maximum absolute atomic E-state index is 14.2. The highest BCUT2D eigenvalue weighted by atomic mass is 35.5. The highest BCUT2D eigenvalue weighted by molar-refractivity contribution is 6.42. The number of piperidine rings is 1. The Morgan fingerprint density at radius 2 is 1.72 bits per heavy atom. The quantitative estimate of drug-likeness (QED) is 0.121. The SMILES string of the molecule is Cc1nccc(-c2ccc(C[C@H](NC(=O)[C@@H]3Cc4cc5c(cc4CN3C(=O)[C@H]3CCCNC3)O[C@@H](c3ccc(OCc4ccc(Cl)c(Cl)c4)cc3)CO5)C(=O)O)cc2)c1C. The van der Waals surface area contributed by atoms with E-state index < -0.39 is 24.0 Å². The van der Waals surface area contributed by atoms with E-state index in [0.717, 1.165) is 63.2 Å². The molecule has 0 saturated carbocycles. The number of carboxylic acids is 1. The molecule has 310 valence electrons. The monoisotopic (exact) mass is 848 g/mol. The Bertz CT molecular complexity index is 2400. The summed E-state index contributed by atoms with van der Waals surface area (Å²) in [6, 6.07) is 24.3. The van der Waals surface area contributed by atoms with Crippen LogP contribution >= 0.6 is 23.2 Å². The normalized spacial score (nSPS) is 18.9. The van der Waals surface area contributed by atoms with E-state index in [1.54, 1.807) is 23.2 Å². The zero-order chi connectivity index (χ0) is 41.9. The van der Waals surface area contributed by atoms with Gasteiger partial charge in [0.15, 0.2) is 17.6 Å². The number of carboxylic acid groups (broad SMARTS) is 1. The molecule has 2 amide bonds. The number of rotatable bonds is 11. The van der Waals surface area contributed by atoms with Gasteiger partial charge in [-0.2, -0.15) is 0 Å². The van der Waals surface area contributed by atoms with Crippen LogP contribution in [0, 0.1) is 19.8 Å². The summed E-state index contributed by atoms with van der Waals surface area (Å²) in [6.07, 6.45) is 3.22. The van der Waals surface area contributed by atoms with Gasteiger partial charge in [-0.1, -0.05) is 65.7 Å². The number of ether oxygens (including phenoxy) is 3. The third-order valence-corrected chi connectivity index (χ3v) is 12.4. The predicted octanol–water partition coefficient (Wildman–Crippen LogP) is 7.83. The fourth-order valence-corrected chi connectivity index (χ4v) is 8.45. The van der Waals surface area contributed by atoms with Crippen LogP contribution in [0.3, 0.4) is 0 Å². The summed E-state index contributed by atoms with van der Waals surface area (Å²) >= 11 is 12.2. The van der Waals surface area contributed by atoms with Gasteiger partial charge < -0.3 is 34.9 Å². The number of halogens is 2. The molecule has 1 fully saturated rings. The molecule has 8 rings (SSSR count). The summed E-state index contributed by atoms with van der Waals surface area (Å²) < 4.78 is 18.7. The number of hydrogen-bond donors (Lipinski definition) is 3. The van der Waals surface area contributed by atoms with Crippen molar-refractivity contribution in [2.45, 2.75) is 70.9 Å². The first-order valence-corrected chi connectivity index (χ1v) is 20.9. The van der Waals surface area contributed by atoms with Crippen LogP contribution in [-0.4, -0.2) is 64.6 Å². The Morgan fingerprint density at radius 3 is 2.45 bits per heavy atom. The number of nitrogens with zero attached hydrogens (tertiary/aromatic N) is 2. The standard InChI is InChI=1S/C47H46Cl2N4O7/c1-27-28(2)51-17-15-37(27)31-8-5-29(6-9-31)19-40(47(56)57)52-45(54)41-20-34-21-42-43(22-35(34)24-53(41)46(55)33-4-3-16-50-23-33)60-44(26-59-42)32-10-12-36(13-11-32)58-25-30-7-14-38(48)39(49)18-30/h5-15,17-18,21-22,33,40-41,44,50H,3-4,16,19-20,23-26H2,1-2H3,(H,52,54)(H,56,57)/t33-,40-,41-,44+/m0/s1. The van der Waals surface area contributed by atoms with Gasteiger partial charge in [0.2, 0.25) is 11.8 Å². The Kier molecular flexibility index (Phi) is 12.3. The Labute approximate surface area is 359 Å². The number of aliphatic carboxylic acids is 1. The fourth-order valence-electron chi connectivity index (χ4n) is 8.13. The van der Waals surface area contributed by atoms with Crippen molar-refractivity contribution < 1.29 is 33.7 Å². The van der Waals surface area contributed by atoms with Crippen LogP contribution in [-0.2, 0) is 40.4 Å². The third kappa shape index (κ3) is 9.08. The van der Waals surface area contributed by atoms with Gasteiger partial charge >= 0.3 is 5.97 Å². The van der Waals surface area contributed by atoms with Crippen LogP contribution in [0.15, 0.2) is 91.1 Å². The van der Waals surface area contributed by atoms with Gasteiger partial charge in [-0.25, -0.2) is 4.79 Å². The molecule has 11 nitrogen and oxygen atoms in total. The van der Waals surface area contributed by atoms with Gasteiger partial charge in [0.25, 0.3) is 0 Å². The van der Waals surface area contributed by atoms with Crippen molar-refractivity contribution in [1.82, 2.24) is 20.5 Å². The van der Waals surface area contributed by atoms with Gasteiger partial charge in [0, 0.05) is 37.8 Å². The lowest BCUT2D eigenvalue weighted by Crippen LogP contribution is -2.57. The number of fused-ring (bicyclic) bond motifs is 2. The highest BCUT2D eigenvalue weighted by Gasteiger charge is 2.40. The summed E-state index contributed by atoms with van der Waals surface area (Å²) in [5.74, 6) is -0.317. The number of carbonyl (C=O) groups excluding carboxylic acids is 2. The average molecular weight is 850 g/mol. The molecule has 0 aliphatic carbocycles. The second-order valence-corrected chi connectivity index (χ2v) is 16.5. The van der Waals surface area contributed by atoms with Crippen LogP contribution < -0.4 is 24.8 Å². The minimum atomic E-state index is -1.21. The molecule has 1 aromatic heterocycles. The zero-order valence-corrected chi connectivity index (χ0v) is 34.9. The smallest absolute Gasteiger partial charge is 0.326 e. The maximum Gasteiger partial charge on any atom is 0.326 e. The molecular formula is C47H46Cl2N4O7. The molecule has 4 aromatic carbocycles. The number of benzene rings is 4. The Morgan fingerprint density at radius 1 is 0.950 bits per heavy atom. The molecule has 13 heteroatoms. The van der Waals surface area contributed by atoms with Crippen molar-refractivity contribution >= 4 is 41.0 Å². The van der Waals surface area contributed by atoms with Gasteiger partial charge in [0.1, 0.15) is 31.0 Å². The second kappa shape index (κ2) is 17.9.